The van der Waals surface area contributed by atoms with Crippen molar-refractivity contribution in [2.45, 2.75) is 52.4 Å². The maximum atomic E-state index is 11.2. The molecule has 6 heteroatoms. The first-order valence-electron chi connectivity index (χ1n) is 5.51. The zero-order valence-corrected chi connectivity index (χ0v) is 10.9. The third kappa shape index (κ3) is 6.78. The van der Waals surface area contributed by atoms with E-state index in [2.05, 4.69) is 10.1 Å². The molecule has 0 aliphatic carbocycles. The van der Waals surface area contributed by atoms with Gasteiger partial charge in [-0.05, 0) is 34.6 Å². The lowest BCUT2D eigenvalue weighted by molar-refractivity contribution is -0.147. The molecule has 0 aromatic heterocycles. The van der Waals surface area contributed by atoms with Crippen LogP contribution in [-0.2, 0) is 14.3 Å². The molecule has 0 saturated carbocycles. The van der Waals surface area contributed by atoms with E-state index >= 15 is 0 Å². The largest absolute Gasteiger partial charge is 0.480 e. The van der Waals surface area contributed by atoms with Crippen molar-refractivity contribution in [1.29, 1.82) is 0 Å². The van der Waals surface area contributed by atoms with Gasteiger partial charge in [-0.3, -0.25) is 0 Å². The number of hydrogen-bond donors (Lipinski definition) is 2. The fraction of sp³-hybridized carbons (Fsp3) is 0.818. The van der Waals surface area contributed by atoms with E-state index in [9.17, 15) is 9.59 Å². The van der Waals surface area contributed by atoms with Crippen molar-refractivity contribution >= 4 is 12.1 Å². The number of alkyl carbamates (subject to hydrolysis) is 1. The minimum atomic E-state index is -1.16. The van der Waals surface area contributed by atoms with Gasteiger partial charge in [-0.25, -0.2) is 9.59 Å². The molecule has 0 unspecified atom stereocenters. The van der Waals surface area contributed by atoms with Gasteiger partial charge in [0.1, 0.15) is 0 Å². The Morgan fingerprint density at radius 1 is 1.35 bits per heavy atom. The highest BCUT2D eigenvalue weighted by Gasteiger charge is 2.30. The van der Waals surface area contributed by atoms with Crippen molar-refractivity contribution in [1.82, 2.24) is 5.32 Å². The molecule has 2 atom stereocenters. The van der Waals surface area contributed by atoms with Gasteiger partial charge in [-0.2, -0.15) is 0 Å². The number of amides is 1. The normalized spacial score (nSPS) is 14.9. The minimum Gasteiger partial charge on any atom is -0.480 e. The molecule has 0 aromatic rings. The van der Waals surface area contributed by atoms with Gasteiger partial charge in [0.05, 0.1) is 18.3 Å². The molecular formula is C11H21NO5. The smallest absolute Gasteiger partial charge is 0.407 e. The Hall–Kier alpha value is -1.30. The van der Waals surface area contributed by atoms with Gasteiger partial charge >= 0.3 is 12.1 Å². The molecule has 17 heavy (non-hydrogen) atoms. The number of carbonyl (C=O) groups is 2. The Labute approximate surface area is 101 Å². The lowest BCUT2D eigenvalue weighted by atomic mass is 10.1. The molecule has 0 radical (unpaired) electrons. The van der Waals surface area contributed by atoms with Crippen LogP contribution in [0, 0.1) is 0 Å². The molecule has 0 aliphatic rings. The summed E-state index contributed by atoms with van der Waals surface area (Å²) in [7, 11) is 0. The number of carboxylic acids is 1. The van der Waals surface area contributed by atoms with E-state index in [1.165, 1.54) is 0 Å². The number of ether oxygens (including phenoxy) is 2. The zero-order valence-electron chi connectivity index (χ0n) is 10.9. The van der Waals surface area contributed by atoms with Crippen LogP contribution < -0.4 is 5.32 Å². The summed E-state index contributed by atoms with van der Waals surface area (Å²) < 4.78 is 10.1. The number of rotatable bonds is 5. The molecule has 0 aliphatic heterocycles. The molecule has 0 rings (SSSR count). The highest BCUT2D eigenvalue weighted by Crippen LogP contribution is 2.13. The molecule has 100 valence electrons. The van der Waals surface area contributed by atoms with Crippen LogP contribution in [0.4, 0.5) is 4.79 Å². The van der Waals surface area contributed by atoms with Gasteiger partial charge in [0.2, 0.25) is 0 Å². The van der Waals surface area contributed by atoms with E-state index in [0.717, 1.165) is 0 Å². The zero-order chi connectivity index (χ0) is 13.6. The quantitative estimate of drug-likeness (QED) is 0.766. The van der Waals surface area contributed by atoms with Crippen LogP contribution in [0.3, 0.4) is 0 Å². The Morgan fingerprint density at radius 2 is 1.88 bits per heavy atom. The molecular weight excluding hydrogens is 226 g/mol. The first-order valence-corrected chi connectivity index (χ1v) is 5.51. The molecule has 0 aromatic carbocycles. The average molecular weight is 247 g/mol. The van der Waals surface area contributed by atoms with Gasteiger partial charge in [0, 0.05) is 0 Å². The van der Waals surface area contributed by atoms with Crippen LogP contribution in [0.5, 0.6) is 0 Å². The summed E-state index contributed by atoms with van der Waals surface area (Å²) in [5, 5.41) is 11.3. The molecule has 2 N–H and O–H groups in total. The Balaban J connectivity index is 4.52. The fourth-order valence-corrected chi connectivity index (χ4v) is 1.31. The highest BCUT2D eigenvalue weighted by molar-refractivity contribution is 5.80. The predicted octanol–water partition coefficient (Wildman–Crippen LogP) is 1.39. The molecule has 0 fully saturated rings. The van der Waals surface area contributed by atoms with Gasteiger partial charge in [-0.15, -0.1) is 0 Å². The van der Waals surface area contributed by atoms with Gasteiger partial charge in [0.15, 0.2) is 6.04 Å². The van der Waals surface area contributed by atoms with E-state index in [0.29, 0.717) is 0 Å². The predicted molar refractivity (Wildman–Crippen MR) is 61.9 cm³/mol. The number of carboxylic acid groups (broad SMARTS) is 1. The lowest BCUT2D eigenvalue weighted by Gasteiger charge is -2.29. The first-order chi connectivity index (χ1) is 7.67. The van der Waals surface area contributed by atoms with E-state index in [1.54, 1.807) is 13.8 Å². The monoisotopic (exact) mass is 247 g/mol. The van der Waals surface area contributed by atoms with Crippen LogP contribution in [0.1, 0.15) is 34.6 Å². The van der Waals surface area contributed by atoms with Crippen molar-refractivity contribution in [3.63, 3.8) is 0 Å². The minimum absolute atomic E-state index is 0.187. The third-order valence-corrected chi connectivity index (χ3v) is 1.82. The second-order valence-corrected chi connectivity index (χ2v) is 4.62. The molecule has 6 nitrogen and oxygen atoms in total. The number of aliphatic carboxylic acids is 1. The number of carbonyl (C=O) groups excluding carboxylic acids is 1. The fourth-order valence-electron chi connectivity index (χ4n) is 1.31. The van der Waals surface area contributed by atoms with Crippen LogP contribution >= 0.6 is 0 Å². The SMILES string of the molecule is CCOC(=O)N[C@H](C(=O)O)[C@@H](C)OC(C)(C)C. The van der Waals surface area contributed by atoms with Crippen molar-refractivity contribution in [2.75, 3.05) is 6.61 Å². The van der Waals surface area contributed by atoms with Crippen molar-refractivity contribution in [3.05, 3.63) is 0 Å². The Bertz CT molecular complexity index is 272. The second-order valence-electron chi connectivity index (χ2n) is 4.62. The van der Waals surface area contributed by atoms with Crippen LogP contribution in [0.2, 0.25) is 0 Å². The van der Waals surface area contributed by atoms with Gasteiger partial charge in [0.25, 0.3) is 0 Å². The van der Waals surface area contributed by atoms with E-state index < -0.39 is 29.8 Å². The van der Waals surface area contributed by atoms with Gasteiger partial charge < -0.3 is 19.9 Å². The van der Waals surface area contributed by atoms with Crippen molar-refractivity contribution in [2.24, 2.45) is 0 Å². The summed E-state index contributed by atoms with van der Waals surface area (Å²) in [5.41, 5.74) is -0.483. The average Bonchev–Trinajstić information content (AvgIpc) is 2.11. The summed E-state index contributed by atoms with van der Waals surface area (Å²) in [5.74, 6) is -1.16. The maximum Gasteiger partial charge on any atom is 0.407 e. The van der Waals surface area contributed by atoms with Crippen LogP contribution in [0.25, 0.3) is 0 Å². The van der Waals surface area contributed by atoms with E-state index in [1.807, 2.05) is 20.8 Å². The summed E-state index contributed by atoms with van der Waals surface area (Å²) in [6.45, 7) is 8.86. The standard InChI is InChI=1S/C11H21NO5/c1-6-16-10(15)12-8(9(13)14)7(2)17-11(3,4)5/h7-8H,6H2,1-5H3,(H,12,15)(H,13,14)/t7-,8+/m1/s1. The van der Waals surface area contributed by atoms with Crippen molar-refractivity contribution in [3.8, 4) is 0 Å². The summed E-state index contributed by atoms with van der Waals surface area (Å²) in [6.07, 6.45) is -1.42. The van der Waals surface area contributed by atoms with Gasteiger partial charge in [-0.1, -0.05) is 0 Å². The molecule has 1 amide bonds. The first kappa shape index (κ1) is 15.7. The Morgan fingerprint density at radius 3 is 2.24 bits per heavy atom. The molecule has 0 spiro atoms. The van der Waals surface area contributed by atoms with E-state index in [4.69, 9.17) is 9.84 Å². The lowest BCUT2D eigenvalue weighted by Crippen LogP contribution is -2.50. The van der Waals surface area contributed by atoms with Crippen LogP contribution in [-0.4, -0.2) is 41.5 Å². The maximum absolute atomic E-state index is 11.2. The Kier molecular flexibility index (Phi) is 5.95. The van der Waals surface area contributed by atoms with Crippen LogP contribution in [0.15, 0.2) is 0 Å². The number of nitrogens with one attached hydrogen (secondary N) is 1. The number of hydrogen-bond acceptors (Lipinski definition) is 4. The topological polar surface area (TPSA) is 84.9 Å². The molecule has 0 bridgehead atoms. The summed E-state index contributed by atoms with van der Waals surface area (Å²) in [6, 6.07) is -1.13. The summed E-state index contributed by atoms with van der Waals surface area (Å²) >= 11 is 0. The molecule has 0 saturated heterocycles. The highest BCUT2D eigenvalue weighted by atomic mass is 16.6. The third-order valence-electron chi connectivity index (χ3n) is 1.82. The van der Waals surface area contributed by atoms with Crippen molar-refractivity contribution < 1.29 is 24.2 Å². The second kappa shape index (κ2) is 6.44. The summed E-state index contributed by atoms with van der Waals surface area (Å²) in [4.78, 5) is 22.2. The van der Waals surface area contributed by atoms with E-state index in [-0.39, 0.29) is 6.61 Å². The molecule has 0 heterocycles.